The Hall–Kier alpha value is -1.46. The Morgan fingerprint density at radius 1 is 1.19 bits per heavy atom. The number of hydrogen-bond donors (Lipinski definition) is 0. The van der Waals surface area contributed by atoms with Crippen molar-refractivity contribution in [3.8, 4) is 0 Å². The number of rotatable bonds is 5. The fourth-order valence-corrected chi connectivity index (χ4v) is 4.75. The normalized spacial score (nSPS) is 27.9. The number of benzene rings is 1. The molecule has 148 valence electrons. The molecule has 2 heterocycles. The van der Waals surface area contributed by atoms with Gasteiger partial charge in [0.05, 0.1) is 0 Å². The Labute approximate surface area is 162 Å². The summed E-state index contributed by atoms with van der Waals surface area (Å²) < 4.78 is 13.4. The van der Waals surface area contributed by atoms with Crippen LogP contribution in [0.15, 0.2) is 24.3 Å². The summed E-state index contributed by atoms with van der Waals surface area (Å²) in [5.41, 5.74) is 1.17. The van der Waals surface area contributed by atoms with Crippen molar-refractivity contribution in [3.63, 3.8) is 0 Å². The third-order valence-electron chi connectivity index (χ3n) is 6.86. The highest BCUT2D eigenvalue weighted by molar-refractivity contribution is 5.76. The van der Waals surface area contributed by atoms with Crippen molar-refractivity contribution in [2.75, 3.05) is 46.3 Å². The Morgan fingerprint density at radius 2 is 2.04 bits per heavy atom. The average Bonchev–Trinajstić information content (AvgIpc) is 3.49. The zero-order chi connectivity index (χ0) is 18.9. The summed E-state index contributed by atoms with van der Waals surface area (Å²) in [7, 11) is 2.23. The van der Waals surface area contributed by atoms with Crippen molar-refractivity contribution in [2.24, 2.45) is 5.92 Å². The maximum Gasteiger partial charge on any atom is 0.222 e. The molecule has 2 aliphatic heterocycles. The van der Waals surface area contributed by atoms with Gasteiger partial charge >= 0.3 is 0 Å². The molecule has 3 aliphatic rings. The summed E-state index contributed by atoms with van der Waals surface area (Å²) in [5.74, 6) is 0.958. The van der Waals surface area contributed by atoms with E-state index in [4.69, 9.17) is 0 Å². The highest BCUT2D eigenvalue weighted by Crippen LogP contribution is 2.35. The number of carbonyl (C=O) groups excluding carboxylic acids is 1. The number of likely N-dealkylation sites (tertiary alicyclic amines) is 1. The lowest BCUT2D eigenvalue weighted by atomic mass is 9.86. The highest BCUT2D eigenvalue weighted by atomic mass is 19.1. The molecule has 0 N–H and O–H groups in total. The molecule has 0 unspecified atom stereocenters. The Balaban J connectivity index is 1.38. The molecule has 0 bridgehead atoms. The van der Waals surface area contributed by atoms with Gasteiger partial charge in [0.1, 0.15) is 5.82 Å². The third-order valence-corrected chi connectivity index (χ3v) is 6.86. The van der Waals surface area contributed by atoms with Crippen molar-refractivity contribution in [2.45, 2.75) is 44.1 Å². The second-order valence-corrected chi connectivity index (χ2v) is 8.84. The van der Waals surface area contributed by atoms with E-state index in [2.05, 4.69) is 21.7 Å². The van der Waals surface area contributed by atoms with Crippen molar-refractivity contribution >= 4 is 5.91 Å². The number of carbonyl (C=O) groups is 1. The minimum Gasteiger partial charge on any atom is -0.342 e. The van der Waals surface area contributed by atoms with Gasteiger partial charge in [-0.1, -0.05) is 12.1 Å². The highest BCUT2D eigenvalue weighted by Gasteiger charge is 2.42. The predicted octanol–water partition coefficient (Wildman–Crippen LogP) is 2.78. The van der Waals surface area contributed by atoms with Crippen LogP contribution in [0.1, 0.15) is 37.7 Å². The first-order chi connectivity index (χ1) is 13.0. The van der Waals surface area contributed by atoms with Crippen LogP contribution in [0.25, 0.3) is 0 Å². The van der Waals surface area contributed by atoms with Crippen molar-refractivity contribution in [1.29, 1.82) is 0 Å². The second-order valence-electron chi connectivity index (χ2n) is 8.84. The molecule has 1 saturated carbocycles. The van der Waals surface area contributed by atoms with Gasteiger partial charge in [-0.3, -0.25) is 14.6 Å². The van der Waals surface area contributed by atoms with E-state index >= 15 is 0 Å². The van der Waals surface area contributed by atoms with E-state index in [1.807, 2.05) is 6.07 Å². The van der Waals surface area contributed by atoms with Gasteiger partial charge in [-0.15, -0.1) is 0 Å². The first-order valence-electron chi connectivity index (χ1n) is 10.5. The Morgan fingerprint density at radius 3 is 2.81 bits per heavy atom. The Bertz CT molecular complexity index is 677. The minimum atomic E-state index is -0.152. The topological polar surface area (TPSA) is 26.8 Å². The zero-order valence-corrected chi connectivity index (χ0v) is 16.5. The Kier molecular flexibility index (Phi) is 5.51. The number of piperazine rings is 1. The first-order valence-corrected chi connectivity index (χ1v) is 10.5. The predicted molar refractivity (Wildman–Crippen MR) is 105 cm³/mol. The second kappa shape index (κ2) is 7.88. The van der Waals surface area contributed by atoms with E-state index in [9.17, 15) is 9.18 Å². The van der Waals surface area contributed by atoms with E-state index < -0.39 is 0 Å². The molecule has 1 aliphatic carbocycles. The van der Waals surface area contributed by atoms with E-state index in [0.29, 0.717) is 12.3 Å². The van der Waals surface area contributed by atoms with E-state index in [-0.39, 0.29) is 11.4 Å². The van der Waals surface area contributed by atoms with Crippen LogP contribution in [0.5, 0.6) is 0 Å². The fraction of sp³-hybridized carbons (Fsp3) is 0.682. The third kappa shape index (κ3) is 4.52. The molecule has 0 radical (unpaired) electrons. The smallest absolute Gasteiger partial charge is 0.222 e. The molecule has 27 heavy (non-hydrogen) atoms. The van der Waals surface area contributed by atoms with Gasteiger partial charge in [-0.05, 0) is 62.8 Å². The summed E-state index contributed by atoms with van der Waals surface area (Å²) >= 11 is 0. The van der Waals surface area contributed by atoms with Crippen LogP contribution in [-0.2, 0) is 11.2 Å². The molecule has 1 aromatic carbocycles. The van der Waals surface area contributed by atoms with Gasteiger partial charge < -0.3 is 4.90 Å². The molecule has 3 fully saturated rings. The van der Waals surface area contributed by atoms with Gasteiger partial charge in [0.25, 0.3) is 0 Å². The molecule has 5 heteroatoms. The molecule has 1 atom stereocenters. The number of hydrogen-bond acceptors (Lipinski definition) is 3. The lowest BCUT2D eigenvalue weighted by Crippen LogP contribution is -2.61. The monoisotopic (exact) mass is 373 g/mol. The van der Waals surface area contributed by atoms with E-state index in [1.165, 1.54) is 18.9 Å². The van der Waals surface area contributed by atoms with Gasteiger partial charge in [-0.25, -0.2) is 4.39 Å². The molecule has 4 nitrogen and oxygen atoms in total. The standard InChI is InChI=1S/C22H32FN3O/c1-24-13-14-25(11-8-18-3-2-4-20(23)15-18)17-22(24)9-7-21(27)26(12-10-22)16-19-5-6-19/h2-4,15,19H,5-14,16-17H2,1H3/t22-/m1/s1. The van der Waals surface area contributed by atoms with Gasteiger partial charge in [0, 0.05) is 51.2 Å². The van der Waals surface area contributed by atoms with Crippen LogP contribution in [-0.4, -0.2) is 72.5 Å². The summed E-state index contributed by atoms with van der Waals surface area (Å²) in [5, 5.41) is 0. The first kappa shape index (κ1) is 18.9. The number of amides is 1. The lowest BCUT2D eigenvalue weighted by Gasteiger charge is -2.49. The minimum absolute atomic E-state index is 0.105. The van der Waals surface area contributed by atoms with Gasteiger partial charge in [0.15, 0.2) is 0 Å². The summed E-state index contributed by atoms with van der Waals surface area (Å²) in [4.78, 5) is 19.7. The van der Waals surface area contributed by atoms with Crippen LogP contribution in [0.3, 0.4) is 0 Å². The quantitative estimate of drug-likeness (QED) is 0.794. The van der Waals surface area contributed by atoms with E-state index in [1.54, 1.807) is 12.1 Å². The molecule has 0 aromatic heterocycles. The molecule has 1 spiro atoms. The number of nitrogens with zero attached hydrogens (tertiary/aromatic N) is 3. The SMILES string of the molecule is CN1CCN(CCc2cccc(F)c2)C[C@]12CCC(=O)N(CC1CC1)CC2. The maximum absolute atomic E-state index is 13.4. The number of halogens is 1. The van der Waals surface area contributed by atoms with Gasteiger partial charge in [0.2, 0.25) is 5.91 Å². The largest absolute Gasteiger partial charge is 0.342 e. The van der Waals surface area contributed by atoms with Crippen molar-refractivity contribution in [1.82, 2.24) is 14.7 Å². The van der Waals surface area contributed by atoms with Crippen LogP contribution in [0, 0.1) is 11.7 Å². The molecule has 1 amide bonds. The molecule has 4 rings (SSSR count). The lowest BCUT2D eigenvalue weighted by molar-refractivity contribution is -0.131. The van der Waals surface area contributed by atoms with Crippen molar-refractivity contribution in [3.05, 3.63) is 35.6 Å². The molecule has 2 saturated heterocycles. The maximum atomic E-state index is 13.4. The van der Waals surface area contributed by atoms with Crippen LogP contribution >= 0.6 is 0 Å². The van der Waals surface area contributed by atoms with Crippen molar-refractivity contribution < 1.29 is 9.18 Å². The molecule has 1 aromatic rings. The summed E-state index contributed by atoms with van der Waals surface area (Å²) in [6.07, 6.45) is 6.17. The van der Waals surface area contributed by atoms with Crippen LogP contribution in [0.2, 0.25) is 0 Å². The number of likely N-dealkylation sites (N-methyl/N-ethyl adjacent to an activating group) is 1. The average molecular weight is 374 g/mol. The summed E-state index contributed by atoms with van der Waals surface area (Å²) in [6.45, 7) is 5.94. The fourth-order valence-electron chi connectivity index (χ4n) is 4.75. The summed E-state index contributed by atoms with van der Waals surface area (Å²) in [6, 6.07) is 6.95. The van der Waals surface area contributed by atoms with E-state index in [0.717, 1.165) is 70.0 Å². The van der Waals surface area contributed by atoms with Gasteiger partial charge in [-0.2, -0.15) is 0 Å². The zero-order valence-electron chi connectivity index (χ0n) is 16.5. The van der Waals surface area contributed by atoms with Crippen LogP contribution in [0.4, 0.5) is 4.39 Å². The molecular formula is C22H32FN3O. The van der Waals surface area contributed by atoms with Crippen LogP contribution < -0.4 is 0 Å². The molecular weight excluding hydrogens is 341 g/mol.